The molecule has 3 heteroatoms. The van der Waals surface area contributed by atoms with Crippen molar-refractivity contribution in [2.24, 2.45) is 0 Å². The Morgan fingerprint density at radius 1 is 1.09 bits per heavy atom. The van der Waals surface area contributed by atoms with E-state index < -0.39 is 0 Å². The molecule has 1 heterocycles. The van der Waals surface area contributed by atoms with Crippen LogP contribution in [-0.2, 0) is 18.3 Å². The molecule has 0 aromatic heterocycles. The van der Waals surface area contributed by atoms with E-state index in [0.717, 1.165) is 30.4 Å². The van der Waals surface area contributed by atoms with Gasteiger partial charge in [-0.15, -0.1) is 0 Å². The highest BCUT2D eigenvalue weighted by Crippen LogP contribution is 2.47. The van der Waals surface area contributed by atoms with Gasteiger partial charge >= 0.3 is 0 Å². The zero-order valence-corrected chi connectivity index (χ0v) is 15.1. The minimum Gasteiger partial charge on any atom is -0.507 e. The van der Waals surface area contributed by atoms with Crippen molar-refractivity contribution in [1.29, 1.82) is 0 Å². The number of likely N-dealkylation sites (N-methyl/N-ethyl adjacent to an activating group) is 1. The van der Waals surface area contributed by atoms with Crippen LogP contribution >= 0.6 is 15.9 Å². The van der Waals surface area contributed by atoms with Gasteiger partial charge in [0.05, 0.1) is 4.47 Å². The van der Waals surface area contributed by atoms with E-state index in [9.17, 15) is 5.11 Å². The first-order chi connectivity index (χ1) is 11.1. The van der Waals surface area contributed by atoms with Gasteiger partial charge in [-0.3, -0.25) is 0 Å². The summed E-state index contributed by atoms with van der Waals surface area (Å²) in [5.74, 6) is 0.357. The highest BCUT2D eigenvalue weighted by molar-refractivity contribution is 9.10. The van der Waals surface area contributed by atoms with Gasteiger partial charge in [0.1, 0.15) is 5.75 Å². The number of aryl methyl sites for hydroxylation is 1. The van der Waals surface area contributed by atoms with Crippen LogP contribution in [0.4, 0.5) is 0 Å². The number of phenolic OH excluding ortho intramolecular Hbond substituents is 1. The van der Waals surface area contributed by atoms with Gasteiger partial charge in [-0.2, -0.15) is 0 Å². The second kappa shape index (κ2) is 5.64. The third-order valence-corrected chi connectivity index (χ3v) is 6.21. The number of hydrogen-bond donors (Lipinski definition) is 1. The third-order valence-electron chi connectivity index (χ3n) is 5.57. The molecule has 120 valence electrons. The van der Waals surface area contributed by atoms with E-state index in [-0.39, 0.29) is 5.41 Å². The van der Waals surface area contributed by atoms with Crippen molar-refractivity contribution in [3.05, 3.63) is 63.1 Å². The average molecular weight is 372 g/mol. The summed E-state index contributed by atoms with van der Waals surface area (Å²) in [5, 5.41) is 10.3. The monoisotopic (exact) mass is 371 g/mol. The fourth-order valence-corrected chi connectivity index (χ4v) is 4.95. The number of aromatic hydroxyl groups is 1. The molecule has 0 saturated heterocycles. The van der Waals surface area contributed by atoms with Crippen molar-refractivity contribution in [2.45, 2.75) is 31.1 Å². The fourth-order valence-electron chi connectivity index (χ4n) is 4.56. The van der Waals surface area contributed by atoms with Gasteiger partial charge in [-0.05, 0) is 83.0 Å². The van der Waals surface area contributed by atoms with Gasteiger partial charge in [0.2, 0.25) is 0 Å². The average Bonchev–Trinajstić information content (AvgIpc) is 2.67. The number of phenols is 1. The van der Waals surface area contributed by atoms with Gasteiger partial charge in [0.25, 0.3) is 0 Å². The highest BCUT2D eigenvalue weighted by atomic mass is 79.9. The summed E-state index contributed by atoms with van der Waals surface area (Å²) in [6, 6.07) is 13.0. The van der Waals surface area contributed by atoms with Crippen molar-refractivity contribution in [1.82, 2.24) is 4.90 Å². The SMILES string of the molecule is CN1CCc2cc(Br)c(O)cc2C2(CCCc3ccccc32)C1. The Morgan fingerprint density at radius 3 is 2.78 bits per heavy atom. The first-order valence-corrected chi connectivity index (χ1v) is 9.18. The van der Waals surface area contributed by atoms with Crippen LogP contribution in [0.5, 0.6) is 5.75 Å². The molecule has 4 rings (SSSR count). The second-order valence-corrected chi connectivity index (χ2v) is 7.90. The summed E-state index contributed by atoms with van der Waals surface area (Å²) in [6.07, 6.45) is 4.57. The summed E-state index contributed by atoms with van der Waals surface area (Å²) in [4.78, 5) is 2.45. The van der Waals surface area contributed by atoms with Crippen LogP contribution in [0.25, 0.3) is 0 Å². The Kier molecular flexibility index (Phi) is 3.73. The highest BCUT2D eigenvalue weighted by Gasteiger charge is 2.42. The molecule has 2 aliphatic rings. The van der Waals surface area contributed by atoms with Crippen molar-refractivity contribution in [3.63, 3.8) is 0 Å². The molecule has 2 aromatic rings. The molecule has 0 bridgehead atoms. The lowest BCUT2D eigenvalue weighted by atomic mass is 9.65. The van der Waals surface area contributed by atoms with Crippen LogP contribution in [0.15, 0.2) is 40.9 Å². The maximum Gasteiger partial charge on any atom is 0.130 e. The molecule has 1 aliphatic heterocycles. The van der Waals surface area contributed by atoms with Crippen LogP contribution in [0.1, 0.15) is 35.1 Å². The Labute approximate surface area is 146 Å². The number of fused-ring (bicyclic) bond motifs is 4. The molecule has 0 fully saturated rings. The van der Waals surface area contributed by atoms with E-state index in [4.69, 9.17) is 0 Å². The Morgan fingerprint density at radius 2 is 1.91 bits per heavy atom. The largest absolute Gasteiger partial charge is 0.507 e. The molecule has 1 atom stereocenters. The lowest BCUT2D eigenvalue weighted by Crippen LogP contribution is -2.41. The molecule has 1 unspecified atom stereocenters. The molecule has 2 aromatic carbocycles. The zero-order valence-electron chi connectivity index (χ0n) is 13.5. The number of rotatable bonds is 0. The summed E-state index contributed by atoms with van der Waals surface area (Å²) in [7, 11) is 2.22. The minimum absolute atomic E-state index is 0.00755. The van der Waals surface area contributed by atoms with Gasteiger partial charge in [-0.25, -0.2) is 0 Å². The molecule has 23 heavy (non-hydrogen) atoms. The lowest BCUT2D eigenvalue weighted by molar-refractivity contribution is 0.264. The van der Waals surface area contributed by atoms with Gasteiger partial charge in [-0.1, -0.05) is 24.3 Å². The van der Waals surface area contributed by atoms with Crippen LogP contribution in [0, 0.1) is 0 Å². The van der Waals surface area contributed by atoms with E-state index in [1.807, 2.05) is 6.07 Å². The summed E-state index contributed by atoms with van der Waals surface area (Å²) < 4.78 is 0.806. The topological polar surface area (TPSA) is 23.5 Å². The van der Waals surface area contributed by atoms with Gasteiger partial charge in [0.15, 0.2) is 0 Å². The van der Waals surface area contributed by atoms with E-state index in [2.05, 4.69) is 58.2 Å². The molecule has 1 aliphatic carbocycles. The normalized spacial score (nSPS) is 24.1. The van der Waals surface area contributed by atoms with Crippen molar-refractivity contribution in [2.75, 3.05) is 20.1 Å². The second-order valence-electron chi connectivity index (χ2n) is 7.04. The van der Waals surface area contributed by atoms with Crippen LogP contribution in [0.2, 0.25) is 0 Å². The molecule has 1 spiro atoms. The molecule has 2 nitrogen and oxygen atoms in total. The maximum atomic E-state index is 10.3. The predicted molar refractivity (Wildman–Crippen MR) is 97.2 cm³/mol. The molecule has 0 amide bonds. The van der Waals surface area contributed by atoms with Crippen molar-refractivity contribution in [3.8, 4) is 5.75 Å². The van der Waals surface area contributed by atoms with E-state index in [1.165, 1.54) is 35.1 Å². The van der Waals surface area contributed by atoms with E-state index in [0.29, 0.717) is 5.75 Å². The van der Waals surface area contributed by atoms with Crippen molar-refractivity contribution < 1.29 is 5.11 Å². The lowest BCUT2D eigenvalue weighted by Gasteiger charge is -2.41. The molecular weight excluding hydrogens is 350 g/mol. The first kappa shape index (κ1) is 15.2. The summed E-state index contributed by atoms with van der Waals surface area (Å²) in [6.45, 7) is 2.09. The summed E-state index contributed by atoms with van der Waals surface area (Å²) >= 11 is 3.50. The maximum absolute atomic E-state index is 10.3. The van der Waals surface area contributed by atoms with Crippen LogP contribution < -0.4 is 0 Å². The third kappa shape index (κ3) is 2.41. The number of halogens is 1. The van der Waals surface area contributed by atoms with Crippen molar-refractivity contribution >= 4 is 15.9 Å². The molecule has 1 N–H and O–H groups in total. The smallest absolute Gasteiger partial charge is 0.130 e. The molecule has 0 saturated carbocycles. The van der Waals surface area contributed by atoms with Crippen LogP contribution in [-0.4, -0.2) is 30.1 Å². The molecular formula is C20H22BrNO. The first-order valence-electron chi connectivity index (χ1n) is 8.39. The minimum atomic E-state index is 0.00755. The molecule has 0 radical (unpaired) electrons. The van der Waals surface area contributed by atoms with E-state index in [1.54, 1.807) is 0 Å². The Bertz CT molecular complexity index is 757. The number of benzene rings is 2. The Balaban J connectivity index is 2.00. The van der Waals surface area contributed by atoms with Crippen LogP contribution in [0.3, 0.4) is 0 Å². The quantitative estimate of drug-likeness (QED) is 0.747. The Hall–Kier alpha value is -1.32. The standard InChI is InChI=1S/C20H22BrNO/c1-22-10-8-15-11-18(21)19(23)12-17(15)20(13-22)9-4-6-14-5-2-3-7-16(14)20/h2-3,5,7,11-12,23H,4,6,8-10,13H2,1H3. The fraction of sp³-hybridized carbons (Fsp3) is 0.400. The number of hydrogen-bond acceptors (Lipinski definition) is 2. The van der Waals surface area contributed by atoms with Gasteiger partial charge < -0.3 is 10.0 Å². The predicted octanol–water partition coefficient (Wildman–Crippen LogP) is 4.27. The van der Waals surface area contributed by atoms with E-state index >= 15 is 0 Å². The summed E-state index contributed by atoms with van der Waals surface area (Å²) in [5.41, 5.74) is 5.64. The zero-order chi connectivity index (χ0) is 16.0. The number of nitrogens with zero attached hydrogens (tertiary/aromatic N) is 1. The van der Waals surface area contributed by atoms with Gasteiger partial charge in [0, 0.05) is 18.5 Å².